The Labute approximate surface area is 123 Å². The van der Waals surface area contributed by atoms with E-state index in [2.05, 4.69) is 0 Å². The van der Waals surface area contributed by atoms with E-state index in [0.29, 0.717) is 5.02 Å². The molecule has 1 unspecified atom stereocenters. The number of rotatable bonds is 4. The molecule has 0 radical (unpaired) electrons. The van der Waals surface area contributed by atoms with E-state index in [1.807, 2.05) is 42.5 Å². The zero-order valence-corrected chi connectivity index (χ0v) is 11.9. The standard InChI is InChI=1S/C16H16ClNO2/c1-16(18,13-5-3-2-4-6-13)15(19)20-11-12-7-9-14(17)10-8-12/h2-10H,11,18H2,1H3. The molecule has 0 aliphatic carbocycles. The zero-order chi connectivity index (χ0) is 14.6. The molecular formula is C16H16ClNO2. The Balaban J connectivity index is 2.03. The fraction of sp³-hybridized carbons (Fsp3) is 0.188. The van der Waals surface area contributed by atoms with Crippen molar-refractivity contribution in [3.8, 4) is 0 Å². The molecule has 4 heteroatoms. The van der Waals surface area contributed by atoms with Crippen LogP contribution in [0.3, 0.4) is 0 Å². The number of carbonyl (C=O) groups excluding carboxylic acids is 1. The molecule has 0 saturated heterocycles. The van der Waals surface area contributed by atoms with Gasteiger partial charge in [-0.05, 0) is 30.2 Å². The second-order valence-electron chi connectivity index (χ2n) is 4.77. The third-order valence-corrected chi connectivity index (χ3v) is 3.33. The molecule has 0 aliphatic rings. The van der Waals surface area contributed by atoms with Crippen molar-refractivity contribution in [3.63, 3.8) is 0 Å². The lowest BCUT2D eigenvalue weighted by molar-refractivity contribution is -0.151. The van der Waals surface area contributed by atoms with Crippen LogP contribution in [-0.4, -0.2) is 5.97 Å². The summed E-state index contributed by atoms with van der Waals surface area (Å²) < 4.78 is 5.28. The van der Waals surface area contributed by atoms with Crippen molar-refractivity contribution in [2.45, 2.75) is 19.1 Å². The summed E-state index contributed by atoms with van der Waals surface area (Å²) in [7, 11) is 0. The Hall–Kier alpha value is -1.84. The van der Waals surface area contributed by atoms with Crippen LogP contribution in [0.1, 0.15) is 18.1 Å². The highest BCUT2D eigenvalue weighted by atomic mass is 35.5. The predicted octanol–water partition coefficient (Wildman–Crippen LogP) is 3.26. The third-order valence-electron chi connectivity index (χ3n) is 3.08. The Bertz CT molecular complexity index is 579. The highest BCUT2D eigenvalue weighted by Crippen LogP contribution is 2.20. The van der Waals surface area contributed by atoms with Crippen molar-refractivity contribution in [2.24, 2.45) is 5.73 Å². The summed E-state index contributed by atoms with van der Waals surface area (Å²) in [5.74, 6) is -0.460. The van der Waals surface area contributed by atoms with Gasteiger partial charge in [0, 0.05) is 5.02 Å². The van der Waals surface area contributed by atoms with Crippen molar-refractivity contribution < 1.29 is 9.53 Å². The monoisotopic (exact) mass is 289 g/mol. The van der Waals surface area contributed by atoms with Crippen LogP contribution in [-0.2, 0) is 21.7 Å². The van der Waals surface area contributed by atoms with Crippen molar-refractivity contribution in [2.75, 3.05) is 0 Å². The molecule has 0 aromatic heterocycles. The fourth-order valence-electron chi connectivity index (χ4n) is 1.78. The van der Waals surface area contributed by atoms with Gasteiger partial charge >= 0.3 is 5.97 Å². The van der Waals surface area contributed by atoms with E-state index < -0.39 is 11.5 Å². The smallest absolute Gasteiger partial charge is 0.330 e. The SMILES string of the molecule is CC(N)(C(=O)OCc1ccc(Cl)cc1)c1ccccc1. The first kappa shape index (κ1) is 14.6. The number of benzene rings is 2. The van der Waals surface area contributed by atoms with Gasteiger partial charge in [0.2, 0.25) is 0 Å². The molecule has 104 valence electrons. The molecule has 3 nitrogen and oxygen atoms in total. The molecule has 0 heterocycles. The molecule has 0 aliphatic heterocycles. The van der Waals surface area contributed by atoms with Gasteiger partial charge in [-0.3, -0.25) is 0 Å². The molecule has 20 heavy (non-hydrogen) atoms. The molecule has 2 N–H and O–H groups in total. The number of carbonyl (C=O) groups is 1. The van der Waals surface area contributed by atoms with E-state index in [4.69, 9.17) is 22.1 Å². The fourth-order valence-corrected chi connectivity index (χ4v) is 1.91. The lowest BCUT2D eigenvalue weighted by Gasteiger charge is -2.23. The number of ether oxygens (including phenoxy) is 1. The van der Waals surface area contributed by atoms with Crippen molar-refractivity contribution in [3.05, 3.63) is 70.7 Å². The summed E-state index contributed by atoms with van der Waals surface area (Å²) in [6.07, 6.45) is 0. The molecular weight excluding hydrogens is 274 g/mol. The molecule has 0 amide bonds. The van der Waals surface area contributed by atoms with Crippen LogP contribution in [0.5, 0.6) is 0 Å². The number of hydrogen-bond donors (Lipinski definition) is 1. The summed E-state index contributed by atoms with van der Waals surface area (Å²) >= 11 is 5.80. The Morgan fingerprint density at radius 3 is 2.35 bits per heavy atom. The average molecular weight is 290 g/mol. The van der Waals surface area contributed by atoms with E-state index in [9.17, 15) is 4.79 Å². The molecule has 2 aromatic carbocycles. The van der Waals surface area contributed by atoms with E-state index in [-0.39, 0.29) is 6.61 Å². The maximum Gasteiger partial charge on any atom is 0.330 e. The quantitative estimate of drug-likeness (QED) is 0.879. The van der Waals surface area contributed by atoms with E-state index in [1.165, 1.54) is 0 Å². The maximum atomic E-state index is 12.1. The van der Waals surface area contributed by atoms with Crippen LogP contribution in [0.2, 0.25) is 5.02 Å². The van der Waals surface area contributed by atoms with Gasteiger partial charge in [0.25, 0.3) is 0 Å². The van der Waals surface area contributed by atoms with E-state index in [1.54, 1.807) is 19.1 Å². The molecule has 0 bridgehead atoms. The minimum absolute atomic E-state index is 0.176. The highest BCUT2D eigenvalue weighted by Gasteiger charge is 2.32. The lowest BCUT2D eigenvalue weighted by atomic mass is 9.93. The van der Waals surface area contributed by atoms with Crippen molar-refractivity contribution in [1.82, 2.24) is 0 Å². The van der Waals surface area contributed by atoms with Gasteiger partial charge < -0.3 is 10.5 Å². The van der Waals surface area contributed by atoms with E-state index >= 15 is 0 Å². The zero-order valence-electron chi connectivity index (χ0n) is 11.2. The predicted molar refractivity (Wildman–Crippen MR) is 79.2 cm³/mol. The van der Waals surface area contributed by atoms with Gasteiger partial charge in [0.1, 0.15) is 12.1 Å². The molecule has 0 spiro atoms. The molecule has 2 rings (SSSR count). The van der Waals surface area contributed by atoms with Gasteiger partial charge in [-0.25, -0.2) is 4.79 Å². The van der Waals surface area contributed by atoms with E-state index in [0.717, 1.165) is 11.1 Å². The van der Waals surface area contributed by atoms with Crippen LogP contribution in [0.4, 0.5) is 0 Å². The Kier molecular flexibility index (Phi) is 4.42. The Morgan fingerprint density at radius 1 is 1.15 bits per heavy atom. The Morgan fingerprint density at radius 2 is 1.75 bits per heavy atom. The van der Waals surface area contributed by atoms with Crippen molar-refractivity contribution >= 4 is 17.6 Å². The molecule has 1 atom stereocenters. The van der Waals surface area contributed by atoms with Crippen LogP contribution in [0.15, 0.2) is 54.6 Å². The van der Waals surface area contributed by atoms with Crippen LogP contribution < -0.4 is 5.73 Å². The summed E-state index contributed by atoms with van der Waals surface area (Å²) in [4.78, 5) is 12.1. The minimum atomic E-state index is -1.16. The van der Waals surface area contributed by atoms with Gasteiger partial charge in [-0.15, -0.1) is 0 Å². The maximum absolute atomic E-state index is 12.1. The van der Waals surface area contributed by atoms with Crippen LogP contribution >= 0.6 is 11.6 Å². The normalized spacial score (nSPS) is 13.6. The van der Waals surface area contributed by atoms with Crippen LogP contribution in [0.25, 0.3) is 0 Å². The van der Waals surface area contributed by atoms with Gasteiger partial charge in [-0.2, -0.15) is 0 Å². The lowest BCUT2D eigenvalue weighted by Crippen LogP contribution is -2.43. The molecule has 0 fully saturated rings. The van der Waals surface area contributed by atoms with Gasteiger partial charge in [0.15, 0.2) is 0 Å². The third kappa shape index (κ3) is 3.38. The first-order chi connectivity index (χ1) is 9.50. The molecule has 0 saturated carbocycles. The summed E-state index contributed by atoms with van der Waals surface area (Å²) in [6.45, 7) is 1.82. The second-order valence-corrected chi connectivity index (χ2v) is 5.21. The van der Waals surface area contributed by atoms with Gasteiger partial charge in [-0.1, -0.05) is 54.1 Å². The van der Waals surface area contributed by atoms with Crippen molar-refractivity contribution in [1.29, 1.82) is 0 Å². The average Bonchev–Trinajstić information content (AvgIpc) is 2.47. The minimum Gasteiger partial charge on any atom is -0.459 e. The summed E-state index contributed by atoms with van der Waals surface area (Å²) in [6, 6.07) is 16.3. The highest BCUT2D eigenvalue weighted by molar-refractivity contribution is 6.30. The summed E-state index contributed by atoms with van der Waals surface area (Å²) in [5, 5.41) is 0.646. The largest absolute Gasteiger partial charge is 0.459 e. The topological polar surface area (TPSA) is 52.3 Å². The summed E-state index contributed by atoms with van der Waals surface area (Å²) in [5.41, 5.74) is 6.51. The van der Waals surface area contributed by atoms with Crippen LogP contribution in [0, 0.1) is 0 Å². The first-order valence-corrected chi connectivity index (χ1v) is 6.64. The molecule has 2 aromatic rings. The number of esters is 1. The van der Waals surface area contributed by atoms with Gasteiger partial charge in [0.05, 0.1) is 0 Å². The number of hydrogen-bond acceptors (Lipinski definition) is 3. The number of halogens is 1. The first-order valence-electron chi connectivity index (χ1n) is 6.26. The second kappa shape index (κ2) is 6.07. The number of nitrogens with two attached hydrogens (primary N) is 1.